The first-order valence-corrected chi connectivity index (χ1v) is 11.1. The summed E-state index contributed by atoms with van der Waals surface area (Å²) in [4.78, 5) is 24.2. The van der Waals surface area contributed by atoms with Crippen molar-refractivity contribution in [2.45, 2.75) is 20.5 Å². The summed E-state index contributed by atoms with van der Waals surface area (Å²) in [5.41, 5.74) is 4.46. The summed E-state index contributed by atoms with van der Waals surface area (Å²) >= 11 is 0. The Morgan fingerprint density at radius 1 is 1.06 bits per heavy atom. The van der Waals surface area contributed by atoms with Crippen molar-refractivity contribution in [2.75, 3.05) is 13.7 Å². The second-order valence-electron chi connectivity index (χ2n) is 8.09. The molecule has 3 aromatic rings. The summed E-state index contributed by atoms with van der Waals surface area (Å²) in [5, 5.41) is 13.7. The van der Waals surface area contributed by atoms with E-state index in [1.807, 2.05) is 19.9 Å². The van der Waals surface area contributed by atoms with E-state index in [1.54, 1.807) is 55.6 Å². The number of phenols is 1. The van der Waals surface area contributed by atoms with Crippen LogP contribution in [0.2, 0.25) is 0 Å². The third kappa shape index (κ3) is 7.33. The Morgan fingerprint density at radius 2 is 1.80 bits per heavy atom. The first-order chi connectivity index (χ1) is 16.9. The van der Waals surface area contributed by atoms with E-state index in [-0.39, 0.29) is 29.8 Å². The molecule has 0 aliphatic heterocycles. The number of hydrogen-bond donors (Lipinski definition) is 2. The minimum atomic E-state index is -0.520. The number of hydrogen-bond acceptors (Lipinski definition) is 7. The molecule has 0 radical (unpaired) electrons. The average molecular weight is 477 g/mol. The molecule has 8 heteroatoms. The highest BCUT2D eigenvalue weighted by Crippen LogP contribution is 2.22. The molecule has 0 aliphatic rings. The molecule has 2 N–H and O–H groups in total. The van der Waals surface area contributed by atoms with E-state index in [0.29, 0.717) is 29.2 Å². The van der Waals surface area contributed by atoms with Gasteiger partial charge in [-0.15, -0.1) is 0 Å². The van der Waals surface area contributed by atoms with Crippen molar-refractivity contribution >= 4 is 18.1 Å². The van der Waals surface area contributed by atoms with Crippen LogP contribution in [-0.4, -0.2) is 36.9 Å². The van der Waals surface area contributed by atoms with Gasteiger partial charge in [-0.25, -0.2) is 10.2 Å². The van der Waals surface area contributed by atoms with Crippen LogP contribution < -0.4 is 14.9 Å². The molecule has 0 saturated carbocycles. The summed E-state index contributed by atoms with van der Waals surface area (Å²) in [7, 11) is 1.57. The Balaban J connectivity index is 1.61. The van der Waals surface area contributed by atoms with Crippen LogP contribution in [0.4, 0.5) is 0 Å². The smallest absolute Gasteiger partial charge is 0.338 e. The number of benzene rings is 3. The first-order valence-electron chi connectivity index (χ1n) is 11.1. The largest absolute Gasteiger partial charge is 0.507 e. The average Bonchev–Trinajstić information content (AvgIpc) is 2.86. The van der Waals surface area contributed by atoms with Crippen LogP contribution in [0.15, 0.2) is 71.8 Å². The van der Waals surface area contributed by atoms with Crippen LogP contribution in [0.1, 0.15) is 45.7 Å². The van der Waals surface area contributed by atoms with Gasteiger partial charge in [0.05, 0.1) is 31.1 Å². The molecule has 0 aromatic heterocycles. The Bertz CT molecular complexity index is 1190. The van der Waals surface area contributed by atoms with E-state index in [2.05, 4.69) is 10.5 Å². The fourth-order valence-corrected chi connectivity index (χ4v) is 3.06. The second-order valence-corrected chi connectivity index (χ2v) is 8.09. The summed E-state index contributed by atoms with van der Waals surface area (Å²) in [6.45, 7) is 4.54. The highest BCUT2D eigenvalue weighted by Gasteiger charge is 2.11. The predicted octanol–water partition coefficient (Wildman–Crippen LogP) is 4.56. The molecule has 3 aromatic carbocycles. The maximum absolute atomic E-state index is 12.2. The standard InChI is InChI=1S/C27H28N2O6/c1-18(2)16-35-27(32)20-9-11-22(12-10-20)34-17-21-14-19(8-13-25(21)33-3)15-28-29-26(31)23-6-4-5-7-24(23)30/h4-15,18,30H,16-17H2,1-3H3,(H,29,31)/b28-15+. The van der Waals surface area contributed by atoms with Gasteiger partial charge in [-0.1, -0.05) is 26.0 Å². The summed E-state index contributed by atoms with van der Waals surface area (Å²) in [5.74, 6) is 0.479. The van der Waals surface area contributed by atoms with Crippen LogP contribution in [0.25, 0.3) is 0 Å². The fraction of sp³-hybridized carbons (Fsp3) is 0.222. The normalized spacial score (nSPS) is 10.9. The lowest BCUT2D eigenvalue weighted by molar-refractivity contribution is 0.0458. The number of carbonyl (C=O) groups is 2. The first kappa shape index (κ1) is 25.3. The van der Waals surface area contributed by atoms with Gasteiger partial charge in [0.2, 0.25) is 0 Å². The molecule has 1 amide bonds. The molecule has 0 bridgehead atoms. The van der Waals surface area contributed by atoms with Gasteiger partial charge in [0.25, 0.3) is 5.91 Å². The Kier molecular flexibility index (Phi) is 8.83. The molecule has 0 saturated heterocycles. The number of aromatic hydroxyl groups is 1. The maximum Gasteiger partial charge on any atom is 0.338 e. The fourth-order valence-electron chi connectivity index (χ4n) is 3.06. The zero-order valence-corrected chi connectivity index (χ0v) is 19.9. The lowest BCUT2D eigenvalue weighted by Crippen LogP contribution is -2.17. The summed E-state index contributed by atoms with van der Waals surface area (Å²) in [6.07, 6.45) is 1.48. The van der Waals surface area contributed by atoms with E-state index in [9.17, 15) is 14.7 Å². The number of ether oxygens (including phenoxy) is 3. The number of hydrazone groups is 1. The Labute approximate surface area is 204 Å². The van der Waals surface area contributed by atoms with Gasteiger partial charge in [0, 0.05) is 5.56 Å². The summed E-state index contributed by atoms with van der Waals surface area (Å²) < 4.78 is 16.5. The van der Waals surface area contributed by atoms with Gasteiger partial charge in [0.1, 0.15) is 23.9 Å². The van der Waals surface area contributed by atoms with Gasteiger partial charge in [-0.2, -0.15) is 5.10 Å². The van der Waals surface area contributed by atoms with Crippen molar-refractivity contribution in [2.24, 2.45) is 11.0 Å². The number of rotatable bonds is 10. The van der Waals surface area contributed by atoms with E-state index < -0.39 is 5.91 Å². The molecular weight excluding hydrogens is 448 g/mol. The van der Waals surface area contributed by atoms with E-state index in [1.165, 1.54) is 18.3 Å². The van der Waals surface area contributed by atoms with Crippen molar-refractivity contribution in [3.8, 4) is 17.2 Å². The third-order valence-corrected chi connectivity index (χ3v) is 4.86. The highest BCUT2D eigenvalue weighted by molar-refractivity contribution is 5.97. The highest BCUT2D eigenvalue weighted by atomic mass is 16.5. The maximum atomic E-state index is 12.2. The number of carbonyl (C=O) groups excluding carboxylic acids is 2. The molecule has 0 atom stereocenters. The third-order valence-electron chi connectivity index (χ3n) is 4.86. The molecule has 3 rings (SSSR count). The molecule has 35 heavy (non-hydrogen) atoms. The van der Waals surface area contributed by atoms with Crippen LogP contribution in [-0.2, 0) is 11.3 Å². The van der Waals surface area contributed by atoms with E-state index in [4.69, 9.17) is 14.2 Å². The lowest BCUT2D eigenvalue weighted by atomic mass is 10.1. The number of esters is 1. The lowest BCUT2D eigenvalue weighted by Gasteiger charge is -2.12. The molecule has 0 aliphatic carbocycles. The van der Waals surface area contributed by atoms with Crippen molar-refractivity contribution in [1.82, 2.24) is 5.43 Å². The van der Waals surface area contributed by atoms with Crippen molar-refractivity contribution in [3.05, 3.63) is 89.0 Å². The van der Waals surface area contributed by atoms with Gasteiger partial charge < -0.3 is 19.3 Å². The number of nitrogens with zero attached hydrogens (tertiary/aromatic N) is 1. The van der Waals surface area contributed by atoms with Crippen molar-refractivity contribution in [1.29, 1.82) is 0 Å². The number of amides is 1. The zero-order chi connectivity index (χ0) is 25.2. The molecule has 0 fully saturated rings. The summed E-state index contributed by atoms with van der Waals surface area (Å²) in [6, 6.07) is 18.3. The zero-order valence-electron chi connectivity index (χ0n) is 19.9. The number of methoxy groups -OCH3 is 1. The van der Waals surface area contributed by atoms with Gasteiger partial charge in [-0.3, -0.25) is 4.79 Å². The van der Waals surface area contributed by atoms with E-state index >= 15 is 0 Å². The topological polar surface area (TPSA) is 106 Å². The number of para-hydroxylation sites is 1. The van der Waals surface area contributed by atoms with Crippen LogP contribution in [0, 0.1) is 5.92 Å². The van der Waals surface area contributed by atoms with Gasteiger partial charge >= 0.3 is 5.97 Å². The number of phenolic OH excluding ortho intramolecular Hbond substituents is 1. The molecular formula is C27H28N2O6. The molecule has 8 nitrogen and oxygen atoms in total. The van der Waals surface area contributed by atoms with Gasteiger partial charge in [0.15, 0.2) is 0 Å². The minimum absolute atomic E-state index is 0.121. The molecule has 0 unspecified atom stereocenters. The minimum Gasteiger partial charge on any atom is -0.507 e. The SMILES string of the molecule is COc1ccc(/C=N/NC(=O)c2ccccc2O)cc1COc1ccc(C(=O)OCC(C)C)cc1. The number of nitrogens with one attached hydrogen (secondary N) is 1. The quantitative estimate of drug-likeness (QED) is 0.252. The monoisotopic (exact) mass is 476 g/mol. The second kappa shape index (κ2) is 12.2. The van der Waals surface area contributed by atoms with Crippen LogP contribution in [0.3, 0.4) is 0 Å². The Morgan fingerprint density at radius 3 is 2.49 bits per heavy atom. The van der Waals surface area contributed by atoms with Crippen molar-refractivity contribution < 1.29 is 28.9 Å². The molecule has 0 spiro atoms. The van der Waals surface area contributed by atoms with Crippen LogP contribution >= 0.6 is 0 Å². The van der Waals surface area contributed by atoms with Gasteiger partial charge in [-0.05, 0) is 66.1 Å². The molecule has 0 heterocycles. The predicted molar refractivity (Wildman–Crippen MR) is 132 cm³/mol. The molecule has 182 valence electrons. The Hall–Kier alpha value is -4.33. The van der Waals surface area contributed by atoms with E-state index in [0.717, 1.165) is 5.56 Å². The van der Waals surface area contributed by atoms with Crippen LogP contribution in [0.5, 0.6) is 17.2 Å². The van der Waals surface area contributed by atoms with Crippen molar-refractivity contribution in [3.63, 3.8) is 0 Å².